The molecule has 0 bridgehead atoms. The van der Waals surface area contributed by atoms with Gasteiger partial charge >= 0.3 is 0 Å². The van der Waals surface area contributed by atoms with Gasteiger partial charge in [-0.1, -0.05) is 27.7 Å². The molecule has 0 amide bonds. The van der Waals surface area contributed by atoms with Crippen LogP contribution in [0, 0.1) is 11.3 Å². The Bertz CT molecular complexity index is 512. The first-order chi connectivity index (χ1) is 9.08. The number of hydrogen-bond acceptors (Lipinski definition) is 3. The largest absolute Gasteiger partial charge is 0.494 e. The predicted octanol–water partition coefficient (Wildman–Crippen LogP) is 3.77. The van der Waals surface area contributed by atoms with Gasteiger partial charge in [-0.25, -0.2) is 0 Å². The van der Waals surface area contributed by atoms with E-state index in [2.05, 4.69) is 27.7 Å². The summed E-state index contributed by atoms with van der Waals surface area (Å²) in [6.07, 6.45) is 2.09. The van der Waals surface area contributed by atoms with Gasteiger partial charge in [0, 0.05) is 0 Å². The summed E-state index contributed by atoms with van der Waals surface area (Å²) in [5.74, 6) is 1.19. The molecule has 20 heavy (non-hydrogen) atoms. The Morgan fingerprint density at radius 3 is 2.20 bits per heavy atom. The van der Waals surface area contributed by atoms with Crippen LogP contribution in [0.3, 0.4) is 0 Å². The molecule has 5 heteroatoms. The van der Waals surface area contributed by atoms with Crippen molar-refractivity contribution >= 4 is 10.1 Å². The minimum Gasteiger partial charge on any atom is -0.494 e. The van der Waals surface area contributed by atoms with Crippen LogP contribution in [0.4, 0.5) is 0 Å². The molecule has 4 nitrogen and oxygen atoms in total. The third-order valence-corrected chi connectivity index (χ3v) is 3.83. The highest BCUT2D eigenvalue weighted by molar-refractivity contribution is 7.85. The number of ether oxygens (including phenoxy) is 1. The van der Waals surface area contributed by atoms with E-state index in [9.17, 15) is 8.42 Å². The first-order valence-corrected chi connectivity index (χ1v) is 8.22. The molecule has 0 saturated carbocycles. The third-order valence-electron chi connectivity index (χ3n) is 2.96. The summed E-state index contributed by atoms with van der Waals surface area (Å²) in [5.41, 5.74) is 0.316. The van der Waals surface area contributed by atoms with Crippen molar-refractivity contribution in [3.8, 4) is 5.75 Å². The summed E-state index contributed by atoms with van der Waals surface area (Å²) < 4.78 is 36.2. The number of rotatable bonds is 6. The Hall–Kier alpha value is -1.07. The molecule has 1 aromatic rings. The SMILES string of the molecule is CC(CCOc1ccc(S(=O)(=O)O)cc1)CC(C)(C)C. The Morgan fingerprint density at radius 2 is 1.75 bits per heavy atom. The lowest BCUT2D eigenvalue weighted by molar-refractivity contribution is 0.240. The Balaban J connectivity index is 2.43. The third kappa shape index (κ3) is 6.39. The molecular formula is C15H24O4S. The zero-order chi connectivity index (χ0) is 15.4. The van der Waals surface area contributed by atoms with Crippen molar-refractivity contribution in [2.75, 3.05) is 6.61 Å². The van der Waals surface area contributed by atoms with E-state index >= 15 is 0 Å². The average Bonchev–Trinajstić information content (AvgIpc) is 2.26. The highest BCUT2D eigenvalue weighted by Crippen LogP contribution is 2.26. The molecule has 114 valence electrons. The summed E-state index contributed by atoms with van der Waals surface area (Å²) >= 11 is 0. The van der Waals surface area contributed by atoms with E-state index in [1.54, 1.807) is 12.1 Å². The molecule has 1 aromatic carbocycles. The van der Waals surface area contributed by atoms with Gasteiger partial charge in [-0.3, -0.25) is 4.55 Å². The predicted molar refractivity (Wildman–Crippen MR) is 79.6 cm³/mol. The van der Waals surface area contributed by atoms with Crippen LogP contribution in [0.15, 0.2) is 29.2 Å². The van der Waals surface area contributed by atoms with Crippen LogP contribution in [0.1, 0.15) is 40.5 Å². The van der Waals surface area contributed by atoms with Crippen molar-refractivity contribution in [3.05, 3.63) is 24.3 Å². The molecule has 0 fully saturated rings. The summed E-state index contributed by atoms with van der Waals surface area (Å²) in [6, 6.07) is 5.78. The Kier molecular flexibility index (Phi) is 5.59. The lowest BCUT2D eigenvalue weighted by Gasteiger charge is -2.23. The molecule has 0 aliphatic heterocycles. The first kappa shape index (κ1) is 17.0. The standard InChI is InChI=1S/C15H24O4S/c1-12(11-15(2,3)4)9-10-19-13-5-7-14(8-6-13)20(16,17)18/h5-8,12H,9-11H2,1-4H3,(H,16,17,18). The van der Waals surface area contributed by atoms with Crippen LogP contribution < -0.4 is 4.74 Å². The van der Waals surface area contributed by atoms with Crippen molar-refractivity contribution in [1.82, 2.24) is 0 Å². The van der Waals surface area contributed by atoms with Gasteiger partial charge in [0.15, 0.2) is 0 Å². The quantitative estimate of drug-likeness (QED) is 0.812. The molecule has 0 aliphatic rings. The zero-order valence-electron chi connectivity index (χ0n) is 12.6. The van der Waals surface area contributed by atoms with Gasteiger partial charge in [-0.15, -0.1) is 0 Å². The normalized spacial score (nSPS) is 14.1. The van der Waals surface area contributed by atoms with Gasteiger partial charge in [0.25, 0.3) is 10.1 Å². The van der Waals surface area contributed by atoms with E-state index in [4.69, 9.17) is 9.29 Å². The topological polar surface area (TPSA) is 63.6 Å². The van der Waals surface area contributed by atoms with Crippen LogP contribution in [0.5, 0.6) is 5.75 Å². The summed E-state index contributed by atoms with van der Waals surface area (Å²) in [5, 5.41) is 0. The van der Waals surface area contributed by atoms with Crippen LogP contribution in [0.2, 0.25) is 0 Å². The average molecular weight is 300 g/mol. The summed E-state index contributed by atoms with van der Waals surface area (Å²) in [7, 11) is -4.13. The van der Waals surface area contributed by atoms with Crippen molar-refractivity contribution in [2.24, 2.45) is 11.3 Å². The minimum atomic E-state index is -4.13. The summed E-state index contributed by atoms with van der Waals surface area (Å²) in [4.78, 5) is -0.119. The zero-order valence-corrected chi connectivity index (χ0v) is 13.4. The van der Waals surface area contributed by atoms with E-state index in [-0.39, 0.29) is 4.90 Å². The number of hydrogen-bond donors (Lipinski definition) is 1. The molecule has 0 saturated heterocycles. The van der Waals surface area contributed by atoms with Crippen molar-refractivity contribution in [1.29, 1.82) is 0 Å². The second-order valence-corrected chi connectivity index (χ2v) is 7.88. The molecule has 0 aromatic heterocycles. The van der Waals surface area contributed by atoms with Gasteiger partial charge < -0.3 is 4.74 Å². The van der Waals surface area contributed by atoms with Crippen LogP contribution in [-0.2, 0) is 10.1 Å². The second kappa shape index (κ2) is 6.59. The van der Waals surface area contributed by atoms with E-state index in [1.165, 1.54) is 12.1 Å². The summed E-state index contributed by atoms with van der Waals surface area (Å²) in [6.45, 7) is 9.47. The molecule has 1 N–H and O–H groups in total. The molecule has 1 rings (SSSR count). The molecular weight excluding hydrogens is 276 g/mol. The highest BCUT2D eigenvalue weighted by Gasteiger charge is 2.15. The van der Waals surface area contributed by atoms with Gasteiger partial charge in [-0.2, -0.15) is 8.42 Å². The maximum Gasteiger partial charge on any atom is 0.294 e. The van der Waals surface area contributed by atoms with Crippen molar-refractivity contribution < 1.29 is 17.7 Å². The maximum atomic E-state index is 10.9. The Morgan fingerprint density at radius 1 is 1.20 bits per heavy atom. The lowest BCUT2D eigenvalue weighted by Crippen LogP contribution is -2.13. The van der Waals surface area contributed by atoms with E-state index in [0.29, 0.717) is 23.7 Å². The second-order valence-electron chi connectivity index (χ2n) is 6.45. The van der Waals surface area contributed by atoms with E-state index in [1.807, 2.05) is 0 Å². The molecule has 0 spiro atoms. The van der Waals surface area contributed by atoms with Crippen molar-refractivity contribution in [3.63, 3.8) is 0 Å². The lowest BCUT2D eigenvalue weighted by atomic mass is 9.84. The van der Waals surface area contributed by atoms with E-state index < -0.39 is 10.1 Å². The minimum absolute atomic E-state index is 0.119. The molecule has 1 unspecified atom stereocenters. The van der Waals surface area contributed by atoms with Crippen molar-refractivity contribution in [2.45, 2.75) is 45.4 Å². The monoisotopic (exact) mass is 300 g/mol. The fourth-order valence-corrected chi connectivity index (χ4v) is 2.71. The van der Waals surface area contributed by atoms with Crippen LogP contribution in [-0.4, -0.2) is 19.6 Å². The highest BCUT2D eigenvalue weighted by atomic mass is 32.2. The van der Waals surface area contributed by atoms with Crippen LogP contribution in [0.25, 0.3) is 0 Å². The van der Waals surface area contributed by atoms with E-state index in [0.717, 1.165) is 12.8 Å². The van der Waals surface area contributed by atoms with Gasteiger partial charge in [-0.05, 0) is 48.4 Å². The Labute approximate surface area is 121 Å². The molecule has 0 heterocycles. The number of benzene rings is 1. The maximum absolute atomic E-state index is 10.9. The van der Waals surface area contributed by atoms with Gasteiger partial charge in [0.05, 0.1) is 11.5 Å². The molecule has 0 aliphatic carbocycles. The van der Waals surface area contributed by atoms with Crippen LogP contribution >= 0.6 is 0 Å². The fraction of sp³-hybridized carbons (Fsp3) is 0.600. The first-order valence-electron chi connectivity index (χ1n) is 6.78. The molecule has 1 atom stereocenters. The molecule has 0 radical (unpaired) electrons. The van der Waals surface area contributed by atoms with Gasteiger partial charge in [0.1, 0.15) is 5.75 Å². The smallest absolute Gasteiger partial charge is 0.294 e. The fourth-order valence-electron chi connectivity index (χ4n) is 2.23. The van der Waals surface area contributed by atoms with Gasteiger partial charge in [0.2, 0.25) is 0 Å².